The summed E-state index contributed by atoms with van der Waals surface area (Å²) in [7, 11) is 0. The highest BCUT2D eigenvalue weighted by atomic mass is 16.2. The van der Waals surface area contributed by atoms with Gasteiger partial charge in [-0.3, -0.25) is 19.0 Å². The van der Waals surface area contributed by atoms with E-state index in [9.17, 15) is 14.4 Å². The van der Waals surface area contributed by atoms with Crippen molar-refractivity contribution in [1.29, 1.82) is 0 Å². The summed E-state index contributed by atoms with van der Waals surface area (Å²) in [5.74, 6) is 5.58. The number of hydrogen-bond donors (Lipinski definition) is 2. The summed E-state index contributed by atoms with van der Waals surface area (Å²) >= 11 is 0. The predicted octanol–water partition coefficient (Wildman–Crippen LogP) is 2.42. The van der Waals surface area contributed by atoms with Crippen LogP contribution < -0.4 is 16.6 Å². The monoisotopic (exact) mass is 571 g/mol. The van der Waals surface area contributed by atoms with Crippen LogP contribution in [0.15, 0.2) is 84.2 Å². The lowest BCUT2D eigenvalue weighted by atomic mass is 10.1. The van der Waals surface area contributed by atoms with Crippen molar-refractivity contribution in [2.24, 2.45) is 5.73 Å². The number of rotatable bonds is 5. The SMILES string of the molecule is Cc1nn2cccnc2c1C(=O)NC(C)c1nc2cccc(C#Cc3cnn(C(=O)CN)c3)c2c(=O)n1-c1ccccc1. The molecule has 6 aromatic rings. The fourth-order valence-electron chi connectivity index (χ4n) is 4.82. The smallest absolute Gasteiger partial charge is 0.267 e. The zero-order chi connectivity index (χ0) is 30.1. The number of para-hydroxylation sites is 1. The van der Waals surface area contributed by atoms with Crippen molar-refractivity contribution in [2.75, 3.05) is 6.54 Å². The first-order valence-electron chi connectivity index (χ1n) is 13.4. The van der Waals surface area contributed by atoms with Crippen molar-refractivity contribution in [3.05, 3.63) is 118 Å². The van der Waals surface area contributed by atoms with E-state index in [1.54, 1.807) is 67.2 Å². The van der Waals surface area contributed by atoms with Gasteiger partial charge in [-0.15, -0.1) is 0 Å². The first kappa shape index (κ1) is 27.3. The molecule has 212 valence electrons. The van der Waals surface area contributed by atoms with Crippen molar-refractivity contribution in [3.8, 4) is 17.5 Å². The number of aryl methyl sites for hydroxylation is 1. The Morgan fingerprint density at radius 3 is 2.67 bits per heavy atom. The number of aromatic nitrogens is 7. The van der Waals surface area contributed by atoms with Gasteiger partial charge in [-0.1, -0.05) is 36.1 Å². The molecule has 3 N–H and O–H groups in total. The van der Waals surface area contributed by atoms with Gasteiger partial charge in [-0.2, -0.15) is 10.2 Å². The van der Waals surface area contributed by atoms with Crippen LogP contribution in [0.25, 0.3) is 22.2 Å². The van der Waals surface area contributed by atoms with Crippen molar-refractivity contribution in [1.82, 2.24) is 39.2 Å². The molecule has 1 atom stereocenters. The van der Waals surface area contributed by atoms with E-state index >= 15 is 0 Å². The summed E-state index contributed by atoms with van der Waals surface area (Å²) in [6.45, 7) is 3.33. The molecule has 0 saturated heterocycles. The van der Waals surface area contributed by atoms with Gasteiger partial charge >= 0.3 is 0 Å². The Labute approximate surface area is 244 Å². The average molecular weight is 572 g/mol. The number of benzene rings is 2. The molecule has 0 aliphatic heterocycles. The summed E-state index contributed by atoms with van der Waals surface area (Å²) in [6.07, 6.45) is 6.26. The molecule has 0 radical (unpaired) electrons. The molecule has 43 heavy (non-hydrogen) atoms. The number of nitrogens with one attached hydrogen (secondary N) is 1. The molecule has 0 aliphatic rings. The maximum Gasteiger partial charge on any atom is 0.267 e. The quantitative estimate of drug-likeness (QED) is 0.299. The average Bonchev–Trinajstić information content (AvgIpc) is 3.63. The molecule has 12 heteroatoms. The molecule has 0 spiro atoms. The predicted molar refractivity (Wildman–Crippen MR) is 159 cm³/mol. The lowest BCUT2D eigenvalue weighted by Gasteiger charge is -2.20. The van der Waals surface area contributed by atoms with E-state index in [0.29, 0.717) is 50.4 Å². The second-order valence-corrected chi connectivity index (χ2v) is 9.71. The fourth-order valence-corrected chi connectivity index (χ4v) is 4.82. The van der Waals surface area contributed by atoms with Gasteiger partial charge in [0.2, 0.25) is 0 Å². The van der Waals surface area contributed by atoms with E-state index < -0.39 is 6.04 Å². The maximum absolute atomic E-state index is 14.2. The first-order valence-corrected chi connectivity index (χ1v) is 13.4. The summed E-state index contributed by atoms with van der Waals surface area (Å²) in [4.78, 5) is 48.7. The normalized spacial score (nSPS) is 11.7. The van der Waals surface area contributed by atoms with Gasteiger partial charge in [-0.05, 0) is 44.2 Å². The van der Waals surface area contributed by atoms with Crippen molar-refractivity contribution >= 4 is 28.4 Å². The highest BCUT2D eigenvalue weighted by Crippen LogP contribution is 2.21. The minimum Gasteiger partial charge on any atom is -0.342 e. The molecule has 12 nitrogen and oxygen atoms in total. The second-order valence-electron chi connectivity index (χ2n) is 9.71. The minimum atomic E-state index is -0.677. The lowest BCUT2D eigenvalue weighted by molar-refractivity contribution is 0.0906. The van der Waals surface area contributed by atoms with E-state index in [1.807, 2.05) is 18.2 Å². The van der Waals surface area contributed by atoms with Gasteiger partial charge in [-0.25, -0.2) is 19.2 Å². The van der Waals surface area contributed by atoms with Crippen LogP contribution in [-0.4, -0.2) is 52.3 Å². The topological polar surface area (TPSA) is 155 Å². The van der Waals surface area contributed by atoms with Gasteiger partial charge in [0.1, 0.15) is 11.4 Å². The highest BCUT2D eigenvalue weighted by molar-refractivity contribution is 6.01. The van der Waals surface area contributed by atoms with Crippen LogP contribution in [0.1, 0.15) is 50.8 Å². The number of nitrogens with two attached hydrogens (primary N) is 1. The Hall–Kier alpha value is -5.93. The standard InChI is InChI=1S/C31H25N9O3/c1-19-26(29-33-14-7-15-38(29)37-19)30(42)35-20(2)28-36-24-11-6-8-22(13-12-21-17-34-39(18-21)25(41)16-32)27(24)31(43)40(28)23-9-4-3-5-10-23/h3-11,14-15,17-18,20H,16,32H2,1-2H3,(H,35,42). The summed E-state index contributed by atoms with van der Waals surface area (Å²) < 4.78 is 4.16. The molecular weight excluding hydrogens is 546 g/mol. The second kappa shape index (κ2) is 11.2. The maximum atomic E-state index is 14.2. The molecule has 0 saturated carbocycles. The molecule has 1 unspecified atom stereocenters. The Morgan fingerprint density at radius 1 is 1.07 bits per heavy atom. The van der Waals surface area contributed by atoms with Gasteiger partial charge < -0.3 is 11.1 Å². The summed E-state index contributed by atoms with van der Waals surface area (Å²) in [5, 5.41) is 11.7. The molecule has 4 aromatic heterocycles. The van der Waals surface area contributed by atoms with E-state index in [4.69, 9.17) is 10.7 Å². The molecule has 4 heterocycles. The molecular formula is C31H25N9O3. The van der Waals surface area contributed by atoms with Crippen LogP contribution in [0.2, 0.25) is 0 Å². The number of hydrogen-bond acceptors (Lipinski definition) is 8. The Kier molecular flexibility index (Phi) is 7.07. The van der Waals surface area contributed by atoms with Crippen LogP contribution in [0.4, 0.5) is 0 Å². The number of amides is 1. The van der Waals surface area contributed by atoms with Crippen LogP contribution >= 0.6 is 0 Å². The third-order valence-electron chi connectivity index (χ3n) is 6.82. The van der Waals surface area contributed by atoms with Crippen LogP contribution in [0.3, 0.4) is 0 Å². The molecule has 1 amide bonds. The van der Waals surface area contributed by atoms with Crippen LogP contribution in [0, 0.1) is 18.8 Å². The molecule has 0 aliphatic carbocycles. The molecule has 0 fully saturated rings. The van der Waals surface area contributed by atoms with Crippen LogP contribution in [-0.2, 0) is 0 Å². The number of nitrogens with zero attached hydrogens (tertiary/aromatic N) is 7. The lowest BCUT2D eigenvalue weighted by Crippen LogP contribution is -2.33. The van der Waals surface area contributed by atoms with E-state index in [0.717, 1.165) is 4.68 Å². The molecule has 6 rings (SSSR count). The van der Waals surface area contributed by atoms with Gasteiger partial charge in [0.25, 0.3) is 17.4 Å². The van der Waals surface area contributed by atoms with E-state index in [2.05, 4.69) is 32.3 Å². The minimum absolute atomic E-state index is 0.181. The Bertz CT molecular complexity index is 2150. The summed E-state index contributed by atoms with van der Waals surface area (Å²) in [5.41, 5.74) is 8.30. The van der Waals surface area contributed by atoms with Crippen molar-refractivity contribution in [2.45, 2.75) is 19.9 Å². The van der Waals surface area contributed by atoms with Gasteiger partial charge in [0.15, 0.2) is 5.65 Å². The van der Waals surface area contributed by atoms with Crippen molar-refractivity contribution < 1.29 is 9.59 Å². The molecule has 2 aromatic carbocycles. The van der Waals surface area contributed by atoms with E-state index in [1.165, 1.54) is 17.0 Å². The molecule has 0 bridgehead atoms. The largest absolute Gasteiger partial charge is 0.342 e. The zero-order valence-corrected chi connectivity index (χ0v) is 23.2. The third kappa shape index (κ3) is 5.05. The van der Waals surface area contributed by atoms with E-state index in [-0.39, 0.29) is 23.9 Å². The number of carbonyl (C=O) groups is 2. The Morgan fingerprint density at radius 2 is 1.88 bits per heavy atom. The van der Waals surface area contributed by atoms with Gasteiger partial charge in [0, 0.05) is 24.2 Å². The van der Waals surface area contributed by atoms with Crippen LogP contribution in [0.5, 0.6) is 0 Å². The number of fused-ring (bicyclic) bond motifs is 2. The number of carbonyl (C=O) groups excluding carboxylic acids is 2. The Balaban J connectivity index is 1.45. The first-order chi connectivity index (χ1) is 20.9. The zero-order valence-electron chi connectivity index (χ0n) is 23.2. The van der Waals surface area contributed by atoms with Gasteiger partial charge in [0.05, 0.1) is 46.6 Å². The summed E-state index contributed by atoms with van der Waals surface area (Å²) in [6, 6.07) is 15.3. The van der Waals surface area contributed by atoms with Crippen molar-refractivity contribution in [3.63, 3.8) is 0 Å². The fraction of sp³-hybridized carbons (Fsp3) is 0.129. The third-order valence-corrected chi connectivity index (χ3v) is 6.82. The highest BCUT2D eigenvalue weighted by Gasteiger charge is 2.24.